The monoisotopic (exact) mass is 538 g/mol. The van der Waals surface area contributed by atoms with Crippen molar-refractivity contribution in [3.63, 3.8) is 0 Å². The number of carbonyl (C=O) groups excluding carboxylic acids is 1. The third kappa shape index (κ3) is 7.54. The van der Waals surface area contributed by atoms with Crippen LogP contribution in [0, 0.1) is 6.92 Å². The quantitative estimate of drug-likeness (QED) is 0.213. The van der Waals surface area contributed by atoms with Gasteiger partial charge in [0.1, 0.15) is 0 Å². The molecule has 0 fully saturated rings. The van der Waals surface area contributed by atoms with Crippen molar-refractivity contribution in [3.05, 3.63) is 59.0 Å². The van der Waals surface area contributed by atoms with E-state index in [1.807, 2.05) is 0 Å². The first-order valence-electron chi connectivity index (χ1n) is 9.19. The topological polar surface area (TPSA) is 78.7 Å². The number of hydrogen-bond acceptors (Lipinski definition) is 3. The van der Waals surface area contributed by atoms with E-state index in [9.17, 15) is 18.0 Å². The summed E-state index contributed by atoms with van der Waals surface area (Å²) >= 11 is 0. The highest BCUT2D eigenvalue weighted by molar-refractivity contribution is 14.0. The molecule has 0 saturated heterocycles. The zero-order chi connectivity index (χ0) is 21.4. The van der Waals surface area contributed by atoms with Gasteiger partial charge in [0.15, 0.2) is 11.7 Å². The van der Waals surface area contributed by atoms with Gasteiger partial charge in [-0.1, -0.05) is 12.1 Å². The molecule has 10 heteroatoms. The summed E-state index contributed by atoms with van der Waals surface area (Å²) in [6.07, 6.45) is -2.29. The fraction of sp³-hybridized carbons (Fsp3) is 0.400. The maximum atomic E-state index is 12.9. The molecule has 166 valence electrons. The molecule has 1 atom stereocenters. The molecule has 6 nitrogen and oxygen atoms in total. The van der Waals surface area contributed by atoms with Crippen molar-refractivity contribution in [2.45, 2.75) is 32.5 Å². The molecular formula is C20H26F3IN4O2. The van der Waals surface area contributed by atoms with Crippen molar-refractivity contribution in [2.24, 2.45) is 4.99 Å². The fourth-order valence-electron chi connectivity index (χ4n) is 2.65. The van der Waals surface area contributed by atoms with Crippen LogP contribution in [-0.4, -0.2) is 32.0 Å². The summed E-state index contributed by atoms with van der Waals surface area (Å²) in [7, 11) is 1.58. The van der Waals surface area contributed by atoms with Crippen LogP contribution in [0.3, 0.4) is 0 Å². The molecule has 0 aliphatic rings. The molecule has 0 radical (unpaired) electrons. The summed E-state index contributed by atoms with van der Waals surface area (Å²) in [5.74, 6) is 0.488. The Morgan fingerprint density at radius 3 is 2.50 bits per heavy atom. The van der Waals surface area contributed by atoms with E-state index in [4.69, 9.17) is 4.42 Å². The highest BCUT2D eigenvalue weighted by Crippen LogP contribution is 2.30. The predicted molar refractivity (Wildman–Crippen MR) is 120 cm³/mol. The number of carbonyl (C=O) groups is 1. The summed E-state index contributed by atoms with van der Waals surface area (Å²) in [4.78, 5) is 16.0. The number of furan rings is 1. The molecule has 1 aromatic heterocycles. The zero-order valence-electron chi connectivity index (χ0n) is 17.0. The van der Waals surface area contributed by atoms with Crippen molar-refractivity contribution in [1.29, 1.82) is 0 Å². The molecular weight excluding hydrogens is 512 g/mol. The smallest absolute Gasteiger partial charge is 0.416 e. The van der Waals surface area contributed by atoms with Crippen molar-refractivity contribution in [1.82, 2.24) is 16.0 Å². The number of halogens is 4. The van der Waals surface area contributed by atoms with Crippen LogP contribution in [0.25, 0.3) is 0 Å². The van der Waals surface area contributed by atoms with Crippen LogP contribution in [0.15, 0.2) is 46.0 Å². The lowest BCUT2D eigenvalue weighted by molar-refractivity contribution is -0.137. The van der Waals surface area contributed by atoms with Crippen LogP contribution in [0.1, 0.15) is 46.6 Å². The number of amides is 1. The first-order valence-corrected chi connectivity index (χ1v) is 9.19. The highest BCUT2D eigenvalue weighted by Gasteiger charge is 2.30. The number of rotatable bonds is 7. The normalized spacial score (nSPS) is 12.7. The van der Waals surface area contributed by atoms with Crippen molar-refractivity contribution in [2.75, 3.05) is 20.1 Å². The second-order valence-corrected chi connectivity index (χ2v) is 6.53. The standard InChI is InChI=1S/C20H25F3N4O2.HI/c1-13-8-11-29-17(13)18(28)25-9-5-10-26-19(24-3)27-14(2)15-6-4-7-16(12-15)20(21,22)23;/h4,6-8,11-12,14H,5,9-10H2,1-3H3,(H,25,28)(H2,24,26,27);1H. The van der Waals surface area contributed by atoms with Crippen LogP contribution < -0.4 is 16.0 Å². The van der Waals surface area contributed by atoms with Gasteiger partial charge < -0.3 is 20.4 Å². The Balaban J connectivity index is 0.00000450. The minimum absolute atomic E-state index is 0. The number of nitrogens with zero attached hydrogens (tertiary/aromatic N) is 1. The van der Waals surface area contributed by atoms with Crippen molar-refractivity contribution < 1.29 is 22.4 Å². The van der Waals surface area contributed by atoms with Gasteiger partial charge in [0.25, 0.3) is 5.91 Å². The lowest BCUT2D eigenvalue weighted by Crippen LogP contribution is -2.40. The van der Waals surface area contributed by atoms with Crippen LogP contribution >= 0.6 is 24.0 Å². The third-order valence-electron chi connectivity index (χ3n) is 4.29. The molecule has 30 heavy (non-hydrogen) atoms. The first-order chi connectivity index (χ1) is 13.7. The van der Waals surface area contributed by atoms with Crippen LogP contribution in [-0.2, 0) is 6.18 Å². The number of aliphatic imine (C=N–C) groups is 1. The number of aryl methyl sites for hydroxylation is 1. The second-order valence-electron chi connectivity index (χ2n) is 6.53. The van der Waals surface area contributed by atoms with Gasteiger partial charge in [-0.05, 0) is 44.0 Å². The summed E-state index contributed by atoms with van der Waals surface area (Å²) in [5.41, 5.74) is 0.590. The average molecular weight is 538 g/mol. The van der Waals surface area contributed by atoms with E-state index in [0.717, 1.165) is 17.7 Å². The number of alkyl halides is 3. The van der Waals surface area contributed by atoms with Crippen molar-refractivity contribution >= 4 is 35.8 Å². The Kier molecular flexibility index (Phi) is 10.2. The van der Waals surface area contributed by atoms with Gasteiger partial charge >= 0.3 is 6.18 Å². The summed E-state index contributed by atoms with van der Waals surface area (Å²) in [5, 5.41) is 8.90. The molecule has 0 spiro atoms. The fourth-order valence-corrected chi connectivity index (χ4v) is 2.65. The van der Waals surface area contributed by atoms with E-state index in [2.05, 4.69) is 20.9 Å². The van der Waals surface area contributed by atoms with E-state index in [1.54, 1.807) is 33.0 Å². The number of hydrogen-bond donors (Lipinski definition) is 3. The van der Waals surface area contributed by atoms with E-state index < -0.39 is 11.7 Å². The maximum Gasteiger partial charge on any atom is 0.416 e. The van der Waals surface area contributed by atoms with Gasteiger partial charge in [0.2, 0.25) is 0 Å². The molecule has 0 bridgehead atoms. The Hall–Kier alpha value is -2.24. The second kappa shape index (κ2) is 11.8. The third-order valence-corrected chi connectivity index (χ3v) is 4.29. The Morgan fingerprint density at radius 1 is 1.20 bits per heavy atom. The molecule has 3 N–H and O–H groups in total. The van der Waals surface area contributed by atoms with Gasteiger partial charge in [0, 0.05) is 25.7 Å². The predicted octanol–water partition coefficient (Wildman–Crippen LogP) is 4.27. The summed E-state index contributed by atoms with van der Waals surface area (Å²) in [6.45, 7) is 4.51. The molecule has 1 heterocycles. The lowest BCUT2D eigenvalue weighted by atomic mass is 10.1. The maximum absolute atomic E-state index is 12.9. The molecule has 1 aromatic carbocycles. The molecule has 0 aliphatic carbocycles. The van der Waals surface area contributed by atoms with E-state index in [1.165, 1.54) is 12.3 Å². The van der Waals surface area contributed by atoms with Crippen LogP contribution in [0.5, 0.6) is 0 Å². The minimum Gasteiger partial charge on any atom is -0.459 e. The molecule has 1 amide bonds. The van der Waals surface area contributed by atoms with Gasteiger partial charge in [0.05, 0.1) is 17.9 Å². The average Bonchev–Trinajstić information content (AvgIpc) is 3.12. The summed E-state index contributed by atoms with van der Waals surface area (Å²) < 4.78 is 43.8. The van der Waals surface area contributed by atoms with Gasteiger partial charge in [-0.15, -0.1) is 24.0 Å². The van der Waals surface area contributed by atoms with Gasteiger partial charge in [-0.25, -0.2) is 0 Å². The molecule has 0 aliphatic heterocycles. The molecule has 0 saturated carbocycles. The summed E-state index contributed by atoms with van der Waals surface area (Å²) in [6, 6.07) is 6.53. The van der Waals surface area contributed by atoms with E-state index >= 15 is 0 Å². The largest absolute Gasteiger partial charge is 0.459 e. The Morgan fingerprint density at radius 2 is 1.90 bits per heavy atom. The zero-order valence-corrected chi connectivity index (χ0v) is 19.3. The lowest BCUT2D eigenvalue weighted by Gasteiger charge is -2.19. The van der Waals surface area contributed by atoms with Crippen LogP contribution in [0.2, 0.25) is 0 Å². The number of guanidine groups is 1. The number of benzene rings is 1. The molecule has 1 unspecified atom stereocenters. The van der Waals surface area contributed by atoms with E-state index in [0.29, 0.717) is 36.8 Å². The SMILES string of the molecule is CN=C(NCCCNC(=O)c1occc1C)NC(C)c1cccc(C(F)(F)F)c1.I. The molecule has 2 aromatic rings. The minimum atomic E-state index is -4.38. The molecule has 2 rings (SSSR count). The van der Waals surface area contributed by atoms with Crippen molar-refractivity contribution in [3.8, 4) is 0 Å². The highest BCUT2D eigenvalue weighted by atomic mass is 127. The Labute approximate surface area is 190 Å². The van der Waals surface area contributed by atoms with Gasteiger partial charge in [-0.2, -0.15) is 13.2 Å². The first kappa shape index (κ1) is 25.8. The van der Waals surface area contributed by atoms with E-state index in [-0.39, 0.29) is 35.9 Å². The van der Waals surface area contributed by atoms with Crippen LogP contribution in [0.4, 0.5) is 13.2 Å². The van der Waals surface area contributed by atoms with Gasteiger partial charge in [-0.3, -0.25) is 9.79 Å². The number of nitrogens with one attached hydrogen (secondary N) is 3. The Bertz CT molecular complexity index is 853.